The lowest BCUT2D eigenvalue weighted by Gasteiger charge is -2.18. The van der Waals surface area contributed by atoms with Crippen LogP contribution in [0.2, 0.25) is 5.15 Å². The van der Waals surface area contributed by atoms with Gasteiger partial charge < -0.3 is 10.3 Å². The van der Waals surface area contributed by atoms with Crippen molar-refractivity contribution < 1.29 is 4.79 Å². The molecular formula is C13H19ClN4O. The van der Waals surface area contributed by atoms with E-state index in [-0.39, 0.29) is 11.1 Å². The number of anilines is 1. The van der Waals surface area contributed by atoms with E-state index in [0.717, 1.165) is 19.5 Å². The predicted molar refractivity (Wildman–Crippen MR) is 75.9 cm³/mol. The molecule has 1 fully saturated rings. The van der Waals surface area contributed by atoms with Crippen LogP contribution in [0.3, 0.4) is 0 Å². The van der Waals surface area contributed by atoms with Gasteiger partial charge in [-0.25, -0.2) is 10.8 Å². The van der Waals surface area contributed by atoms with Crippen molar-refractivity contribution in [3.8, 4) is 0 Å². The highest BCUT2D eigenvalue weighted by Crippen LogP contribution is 2.25. The summed E-state index contributed by atoms with van der Waals surface area (Å²) >= 11 is 5.88. The smallest absolute Gasteiger partial charge is 0.254 e. The molecule has 0 saturated carbocycles. The van der Waals surface area contributed by atoms with Gasteiger partial charge in [-0.1, -0.05) is 25.4 Å². The van der Waals surface area contributed by atoms with Gasteiger partial charge in [0.05, 0.1) is 0 Å². The van der Waals surface area contributed by atoms with Gasteiger partial charge in [0.1, 0.15) is 11.0 Å². The van der Waals surface area contributed by atoms with Gasteiger partial charge in [-0.15, -0.1) is 0 Å². The van der Waals surface area contributed by atoms with E-state index in [1.54, 1.807) is 12.1 Å². The molecule has 1 aliphatic heterocycles. The summed E-state index contributed by atoms with van der Waals surface area (Å²) in [6.07, 6.45) is 1.06. The van der Waals surface area contributed by atoms with Crippen LogP contribution in [-0.2, 0) is 0 Å². The van der Waals surface area contributed by atoms with E-state index in [4.69, 9.17) is 17.4 Å². The van der Waals surface area contributed by atoms with Gasteiger partial charge in [0.25, 0.3) is 5.91 Å². The lowest BCUT2D eigenvalue weighted by Crippen LogP contribution is -2.29. The zero-order valence-corrected chi connectivity index (χ0v) is 11.9. The third-order valence-corrected chi connectivity index (χ3v) is 3.84. The van der Waals surface area contributed by atoms with Crippen molar-refractivity contribution in [1.82, 2.24) is 9.88 Å². The first-order valence-corrected chi connectivity index (χ1v) is 6.82. The van der Waals surface area contributed by atoms with E-state index >= 15 is 0 Å². The van der Waals surface area contributed by atoms with Gasteiger partial charge in [0, 0.05) is 18.7 Å². The van der Waals surface area contributed by atoms with Crippen molar-refractivity contribution in [3.05, 3.63) is 22.8 Å². The molecular weight excluding hydrogens is 264 g/mol. The zero-order chi connectivity index (χ0) is 14.0. The summed E-state index contributed by atoms with van der Waals surface area (Å²) < 4.78 is 0. The number of carbonyl (C=O) groups excluding carboxylic acids is 1. The number of rotatable bonds is 3. The molecule has 104 valence electrons. The van der Waals surface area contributed by atoms with Crippen molar-refractivity contribution in [2.75, 3.05) is 18.5 Å². The third-order valence-electron chi connectivity index (χ3n) is 3.64. The molecule has 3 N–H and O–H groups in total. The fourth-order valence-electron chi connectivity index (χ4n) is 2.39. The summed E-state index contributed by atoms with van der Waals surface area (Å²) in [7, 11) is 0. The number of hydrazine groups is 1. The lowest BCUT2D eigenvalue weighted by atomic mass is 9.95. The number of nitrogen functional groups attached to an aromatic ring is 1. The number of carbonyl (C=O) groups is 1. The molecule has 0 spiro atoms. The molecule has 2 heterocycles. The standard InChI is InChI=1S/C13H19ClN4O/c1-8(2)9-3-4-18(7-9)13(19)10-5-11(14)16-12(6-10)17-15/h5-6,8-9H,3-4,7,15H2,1-2H3,(H,16,17). The maximum absolute atomic E-state index is 12.4. The Morgan fingerprint density at radius 1 is 1.58 bits per heavy atom. The van der Waals surface area contributed by atoms with Crippen molar-refractivity contribution in [1.29, 1.82) is 0 Å². The fourth-order valence-corrected chi connectivity index (χ4v) is 2.60. The minimum Gasteiger partial charge on any atom is -0.338 e. The molecule has 1 aromatic heterocycles. The molecule has 1 aliphatic rings. The highest BCUT2D eigenvalue weighted by atomic mass is 35.5. The van der Waals surface area contributed by atoms with Crippen molar-refractivity contribution in [3.63, 3.8) is 0 Å². The van der Waals surface area contributed by atoms with Crippen molar-refractivity contribution in [2.45, 2.75) is 20.3 Å². The summed E-state index contributed by atoms with van der Waals surface area (Å²) in [4.78, 5) is 18.2. The summed E-state index contributed by atoms with van der Waals surface area (Å²) in [6, 6.07) is 3.20. The second-order valence-corrected chi connectivity index (χ2v) is 5.64. The minimum absolute atomic E-state index is 0.0102. The van der Waals surface area contributed by atoms with Gasteiger partial charge in [-0.3, -0.25) is 4.79 Å². The molecule has 19 heavy (non-hydrogen) atoms. The number of halogens is 1. The highest BCUT2D eigenvalue weighted by Gasteiger charge is 2.28. The Kier molecular flexibility index (Phi) is 4.27. The van der Waals surface area contributed by atoms with Crippen molar-refractivity contribution >= 4 is 23.3 Å². The Morgan fingerprint density at radius 2 is 2.32 bits per heavy atom. The molecule has 1 saturated heterocycles. The number of nitrogens with two attached hydrogens (primary N) is 1. The Hall–Kier alpha value is -1.33. The number of nitrogens with zero attached hydrogens (tertiary/aromatic N) is 2. The number of aromatic nitrogens is 1. The fraction of sp³-hybridized carbons (Fsp3) is 0.538. The molecule has 1 atom stereocenters. The number of pyridine rings is 1. The van der Waals surface area contributed by atoms with Crippen LogP contribution in [0.1, 0.15) is 30.6 Å². The number of hydrogen-bond donors (Lipinski definition) is 2. The monoisotopic (exact) mass is 282 g/mol. The molecule has 0 radical (unpaired) electrons. The molecule has 1 aromatic rings. The van der Waals surface area contributed by atoms with E-state index in [9.17, 15) is 4.79 Å². The van der Waals surface area contributed by atoms with Crippen LogP contribution in [0.15, 0.2) is 12.1 Å². The van der Waals surface area contributed by atoms with Gasteiger partial charge in [-0.05, 0) is 30.4 Å². The average Bonchev–Trinajstić information content (AvgIpc) is 2.86. The van der Waals surface area contributed by atoms with Gasteiger partial charge in [-0.2, -0.15) is 0 Å². The Bertz CT molecular complexity index is 478. The molecule has 2 rings (SSSR count). The number of likely N-dealkylation sites (tertiary alicyclic amines) is 1. The first-order chi connectivity index (χ1) is 9.01. The third kappa shape index (κ3) is 3.16. The summed E-state index contributed by atoms with van der Waals surface area (Å²) in [6.45, 7) is 5.99. The normalized spacial score (nSPS) is 19.0. The van der Waals surface area contributed by atoms with E-state index in [1.165, 1.54) is 0 Å². The summed E-state index contributed by atoms with van der Waals surface area (Å²) in [5.74, 6) is 6.87. The lowest BCUT2D eigenvalue weighted by molar-refractivity contribution is 0.0784. The molecule has 1 amide bonds. The van der Waals surface area contributed by atoms with E-state index < -0.39 is 0 Å². The largest absolute Gasteiger partial charge is 0.338 e. The predicted octanol–water partition coefficient (Wildman–Crippen LogP) is 2.14. The van der Waals surface area contributed by atoms with E-state index in [1.807, 2.05) is 4.90 Å². The van der Waals surface area contributed by atoms with Crippen LogP contribution in [0.5, 0.6) is 0 Å². The second-order valence-electron chi connectivity index (χ2n) is 5.25. The minimum atomic E-state index is -0.0102. The van der Waals surface area contributed by atoms with Gasteiger partial charge >= 0.3 is 0 Å². The molecule has 6 heteroatoms. The number of amides is 1. The SMILES string of the molecule is CC(C)C1CCN(C(=O)c2cc(Cl)nc(NN)c2)C1. The zero-order valence-electron chi connectivity index (χ0n) is 11.2. The van der Waals surface area contributed by atoms with Gasteiger partial charge in [0.15, 0.2) is 0 Å². The Balaban J connectivity index is 2.14. The molecule has 1 unspecified atom stereocenters. The van der Waals surface area contributed by atoms with E-state index in [2.05, 4.69) is 24.3 Å². The Morgan fingerprint density at radius 3 is 2.89 bits per heavy atom. The average molecular weight is 283 g/mol. The quantitative estimate of drug-likeness (QED) is 0.506. The van der Waals surface area contributed by atoms with Crippen LogP contribution < -0.4 is 11.3 Å². The molecule has 0 bridgehead atoms. The first kappa shape index (κ1) is 14.1. The maximum atomic E-state index is 12.4. The topological polar surface area (TPSA) is 71.2 Å². The van der Waals surface area contributed by atoms with Crippen LogP contribution in [0.25, 0.3) is 0 Å². The molecule has 5 nitrogen and oxygen atoms in total. The molecule has 0 aromatic carbocycles. The highest BCUT2D eigenvalue weighted by molar-refractivity contribution is 6.29. The Labute approximate surface area is 118 Å². The van der Waals surface area contributed by atoms with Gasteiger partial charge in [0.2, 0.25) is 0 Å². The second kappa shape index (κ2) is 5.75. The summed E-state index contributed by atoms with van der Waals surface area (Å²) in [5.41, 5.74) is 2.94. The van der Waals surface area contributed by atoms with Crippen LogP contribution in [0.4, 0.5) is 5.82 Å². The van der Waals surface area contributed by atoms with Crippen molar-refractivity contribution in [2.24, 2.45) is 17.7 Å². The first-order valence-electron chi connectivity index (χ1n) is 6.44. The number of hydrogen-bond acceptors (Lipinski definition) is 4. The summed E-state index contributed by atoms with van der Waals surface area (Å²) in [5, 5.41) is 0.262. The van der Waals surface area contributed by atoms with Crippen LogP contribution in [0, 0.1) is 11.8 Å². The van der Waals surface area contributed by atoms with E-state index in [0.29, 0.717) is 23.2 Å². The molecule has 0 aliphatic carbocycles. The number of nitrogens with one attached hydrogen (secondary N) is 1. The maximum Gasteiger partial charge on any atom is 0.254 e. The van der Waals surface area contributed by atoms with Crippen LogP contribution >= 0.6 is 11.6 Å². The van der Waals surface area contributed by atoms with Crippen LogP contribution in [-0.4, -0.2) is 28.9 Å².